The molecule has 1 amide bonds. The average Bonchev–Trinajstić information content (AvgIpc) is 2.44. The molecule has 2 unspecified atom stereocenters. The van der Waals surface area contributed by atoms with Crippen LogP contribution in [0.3, 0.4) is 0 Å². The molecule has 116 valence electrons. The van der Waals surface area contributed by atoms with Gasteiger partial charge in [-0.3, -0.25) is 10.6 Å². The summed E-state index contributed by atoms with van der Waals surface area (Å²) in [5.41, 5.74) is 3.39. The molecule has 1 aliphatic heterocycles. The standard InChI is InChI=1S/C15H25N5O/c1-9(2)14-17-6-12(19-16)13(18-14)15(21)20-7-10(3)5-11(4)8-20/h6,9-11,19H,5,7-8,16H2,1-4H3. The van der Waals surface area contributed by atoms with Gasteiger partial charge in [-0.2, -0.15) is 0 Å². The Balaban J connectivity index is 2.30. The first-order valence-corrected chi connectivity index (χ1v) is 7.55. The molecule has 6 nitrogen and oxygen atoms in total. The fraction of sp³-hybridized carbons (Fsp3) is 0.667. The van der Waals surface area contributed by atoms with E-state index in [9.17, 15) is 4.79 Å². The highest BCUT2D eigenvalue weighted by Crippen LogP contribution is 2.24. The highest BCUT2D eigenvalue weighted by molar-refractivity contribution is 5.97. The molecule has 2 heterocycles. The number of nitrogens with zero attached hydrogens (tertiary/aromatic N) is 3. The van der Waals surface area contributed by atoms with Crippen LogP contribution in [0.25, 0.3) is 0 Å². The van der Waals surface area contributed by atoms with E-state index in [0.29, 0.717) is 29.0 Å². The number of nitrogen functional groups attached to an aromatic ring is 1. The lowest BCUT2D eigenvalue weighted by Gasteiger charge is -2.35. The highest BCUT2D eigenvalue weighted by atomic mass is 16.2. The second kappa shape index (κ2) is 6.39. The first kappa shape index (κ1) is 15.7. The van der Waals surface area contributed by atoms with Crippen molar-refractivity contribution in [3.8, 4) is 0 Å². The van der Waals surface area contributed by atoms with Crippen LogP contribution in [-0.4, -0.2) is 33.9 Å². The molecule has 0 aliphatic carbocycles. The van der Waals surface area contributed by atoms with Crippen LogP contribution in [0, 0.1) is 11.8 Å². The van der Waals surface area contributed by atoms with E-state index in [-0.39, 0.29) is 11.8 Å². The molecule has 0 radical (unpaired) electrons. The smallest absolute Gasteiger partial charge is 0.274 e. The summed E-state index contributed by atoms with van der Waals surface area (Å²) in [6.45, 7) is 9.91. The van der Waals surface area contributed by atoms with Crippen molar-refractivity contribution in [1.82, 2.24) is 14.9 Å². The molecule has 0 saturated carbocycles. The third-order valence-corrected chi connectivity index (χ3v) is 3.84. The van der Waals surface area contributed by atoms with Crippen molar-refractivity contribution in [2.45, 2.75) is 40.0 Å². The summed E-state index contributed by atoms with van der Waals surface area (Å²) in [6.07, 6.45) is 2.75. The van der Waals surface area contributed by atoms with Crippen molar-refractivity contribution < 1.29 is 4.79 Å². The zero-order chi connectivity index (χ0) is 15.6. The Labute approximate surface area is 126 Å². The molecule has 6 heteroatoms. The number of likely N-dealkylation sites (tertiary alicyclic amines) is 1. The number of aromatic nitrogens is 2. The zero-order valence-electron chi connectivity index (χ0n) is 13.3. The maximum atomic E-state index is 12.8. The normalized spacial score (nSPS) is 22.5. The number of hydrogen-bond donors (Lipinski definition) is 2. The number of rotatable bonds is 3. The second-order valence-corrected chi connectivity index (χ2v) is 6.45. The molecular formula is C15H25N5O. The number of hydrazine groups is 1. The molecule has 1 aliphatic rings. The van der Waals surface area contributed by atoms with E-state index < -0.39 is 0 Å². The van der Waals surface area contributed by atoms with Crippen LogP contribution in [0.2, 0.25) is 0 Å². The highest BCUT2D eigenvalue weighted by Gasteiger charge is 2.28. The van der Waals surface area contributed by atoms with Crippen LogP contribution < -0.4 is 11.3 Å². The number of carbonyl (C=O) groups excluding carboxylic acids is 1. The Morgan fingerprint density at radius 3 is 2.52 bits per heavy atom. The van der Waals surface area contributed by atoms with E-state index in [0.717, 1.165) is 19.5 Å². The predicted molar refractivity (Wildman–Crippen MR) is 82.8 cm³/mol. The Hall–Kier alpha value is -1.69. The van der Waals surface area contributed by atoms with Gasteiger partial charge >= 0.3 is 0 Å². The lowest BCUT2D eigenvalue weighted by atomic mass is 9.91. The molecule has 1 fully saturated rings. The largest absolute Gasteiger partial charge is 0.337 e. The summed E-state index contributed by atoms with van der Waals surface area (Å²) in [7, 11) is 0. The van der Waals surface area contributed by atoms with Crippen LogP contribution in [0.1, 0.15) is 56.3 Å². The van der Waals surface area contributed by atoms with Crippen molar-refractivity contribution in [2.24, 2.45) is 17.7 Å². The first-order valence-electron chi connectivity index (χ1n) is 7.55. The van der Waals surface area contributed by atoms with Crippen molar-refractivity contribution in [2.75, 3.05) is 18.5 Å². The van der Waals surface area contributed by atoms with Crippen LogP contribution >= 0.6 is 0 Å². The van der Waals surface area contributed by atoms with E-state index in [1.165, 1.54) is 0 Å². The minimum Gasteiger partial charge on any atom is -0.337 e. The summed E-state index contributed by atoms with van der Waals surface area (Å²) < 4.78 is 0. The Morgan fingerprint density at radius 2 is 2.00 bits per heavy atom. The Kier molecular flexibility index (Phi) is 4.77. The van der Waals surface area contributed by atoms with Gasteiger partial charge in [-0.25, -0.2) is 9.97 Å². The number of nitrogens with two attached hydrogens (primary N) is 1. The van der Waals surface area contributed by atoms with Crippen molar-refractivity contribution >= 4 is 11.6 Å². The van der Waals surface area contributed by atoms with Gasteiger partial charge in [0.2, 0.25) is 0 Å². The fourth-order valence-corrected chi connectivity index (χ4v) is 2.92. The number of amides is 1. The maximum absolute atomic E-state index is 12.8. The van der Waals surface area contributed by atoms with E-state index in [2.05, 4.69) is 29.2 Å². The van der Waals surface area contributed by atoms with Gasteiger partial charge in [0.15, 0.2) is 5.69 Å². The molecule has 1 saturated heterocycles. The molecule has 3 N–H and O–H groups in total. The molecule has 21 heavy (non-hydrogen) atoms. The van der Waals surface area contributed by atoms with Gasteiger partial charge in [0.05, 0.1) is 11.9 Å². The van der Waals surface area contributed by atoms with Crippen LogP contribution in [0.4, 0.5) is 5.69 Å². The number of hydrogen-bond acceptors (Lipinski definition) is 5. The third kappa shape index (κ3) is 3.50. The lowest BCUT2D eigenvalue weighted by Crippen LogP contribution is -2.43. The van der Waals surface area contributed by atoms with Crippen molar-refractivity contribution in [3.63, 3.8) is 0 Å². The molecule has 0 spiro atoms. The quantitative estimate of drug-likeness (QED) is 0.657. The van der Waals surface area contributed by atoms with Crippen LogP contribution in [-0.2, 0) is 0 Å². The molecule has 2 rings (SSSR count). The van der Waals surface area contributed by atoms with E-state index >= 15 is 0 Å². The van der Waals surface area contributed by atoms with E-state index in [4.69, 9.17) is 5.84 Å². The molecule has 0 bridgehead atoms. The number of anilines is 1. The van der Waals surface area contributed by atoms with E-state index in [1.807, 2.05) is 18.7 Å². The van der Waals surface area contributed by atoms with Gasteiger partial charge < -0.3 is 10.3 Å². The van der Waals surface area contributed by atoms with Crippen LogP contribution in [0.15, 0.2) is 6.20 Å². The second-order valence-electron chi connectivity index (χ2n) is 6.45. The van der Waals surface area contributed by atoms with Gasteiger partial charge in [-0.15, -0.1) is 0 Å². The summed E-state index contributed by atoms with van der Waals surface area (Å²) in [6, 6.07) is 0. The molecule has 2 atom stereocenters. The number of nitrogens with one attached hydrogen (secondary N) is 1. The van der Waals surface area contributed by atoms with Crippen molar-refractivity contribution in [1.29, 1.82) is 0 Å². The summed E-state index contributed by atoms with van der Waals surface area (Å²) in [5, 5.41) is 0. The minimum atomic E-state index is -0.0642. The summed E-state index contributed by atoms with van der Waals surface area (Å²) in [5.74, 6) is 7.29. The Morgan fingerprint density at radius 1 is 1.38 bits per heavy atom. The number of piperidine rings is 1. The number of carbonyl (C=O) groups is 1. The van der Waals surface area contributed by atoms with Crippen molar-refractivity contribution in [3.05, 3.63) is 17.7 Å². The van der Waals surface area contributed by atoms with Gasteiger partial charge in [0.1, 0.15) is 5.82 Å². The van der Waals surface area contributed by atoms with Gasteiger partial charge in [0, 0.05) is 19.0 Å². The molecule has 0 aromatic carbocycles. The molecular weight excluding hydrogens is 266 g/mol. The topological polar surface area (TPSA) is 84.1 Å². The molecule has 1 aromatic rings. The Bertz CT molecular complexity index is 507. The predicted octanol–water partition coefficient (Wildman–Crippen LogP) is 2.00. The van der Waals surface area contributed by atoms with Crippen LogP contribution in [0.5, 0.6) is 0 Å². The zero-order valence-corrected chi connectivity index (χ0v) is 13.3. The minimum absolute atomic E-state index is 0.0642. The maximum Gasteiger partial charge on any atom is 0.274 e. The summed E-state index contributed by atoms with van der Waals surface area (Å²) >= 11 is 0. The van der Waals surface area contributed by atoms with E-state index in [1.54, 1.807) is 6.20 Å². The molecule has 1 aromatic heterocycles. The summed E-state index contributed by atoms with van der Waals surface area (Å²) in [4.78, 5) is 23.3. The first-order chi connectivity index (χ1) is 9.92. The average molecular weight is 291 g/mol. The van der Waals surface area contributed by atoms with Gasteiger partial charge in [-0.1, -0.05) is 27.7 Å². The SMILES string of the molecule is CC1CC(C)CN(C(=O)c2nc(C(C)C)ncc2NN)C1. The third-order valence-electron chi connectivity index (χ3n) is 3.84. The van der Waals surface area contributed by atoms with Gasteiger partial charge in [0.25, 0.3) is 5.91 Å². The monoisotopic (exact) mass is 291 g/mol. The fourth-order valence-electron chi connectivity index (χ4n) is 2.92. The lowest BCUT2D eigenvalue weighted by molar-refractivity contribution is 0.0617. The van der Waals surface area contributed by atoms with Gasteiger partial charge in [-0.05, 0) is 18.3 Å².